The maximum Gasteiger partial charge on any atom is 0.247 e. The number of aromatic nitrogens is 6. The van der Waals surface area contributed by atoms with Crippen LogP contribution in [0.15, 0.2) is 29.9 Å². The lowest BCUT2D eigenvalue weighted by Gasteiger charge is -2.19. The zero-order valence-corrected chi connectivity index (χ0v) is 15.1. The van der Waals surface area contributed by atoms with Crippen LogP contribution in [0, 0.1) is 0 Å². The van der Waals surface area contributed by atoms with E-state index < -0.39 is 0 Å². The first-order valence-electron chi connectivity index (χ1n) is 9.29. The molecule has 1 aliphatic carbocycles. The fourth-order valence-corrected chi connectivity index (χ4v) is 3.98. The van der Waals surface area contributed by atoms with Crippen molar-refractivity contribution in [3.63, 3.8) is 0 Å². The Morgan fingerprint density at radius 2 is 2.07 bits per heavy atom. The van der Waals surface area contributed by atoms with Crippen molar-refractivity contribution in [1.82, 2.24) is 29.9 Å². The number of anilines is 2. The summed E-state index contributed by atoms with van der Waals surface area (Å²) in [5.41, 5.74) is 3.31. The van der Waals surface area contributed by atoms with Crippen LogP contribution in [0.3, 0.4) is 0 Å². The van der Waals surface area contributed by atoms with Crippen molar-refractivity contribution in [3.05, 3.63) is 30.4 Å². The van der Waals surface area contributed by atoms with Crippen molar-refractivity contribution in [1.29, 1.82) is 0 Å². The quantitative estimate of drug-likeness (QED) is 0.759. The summed E-state index contributed by atoms with van der Waals surface area (Å²) in [4.78, 5) is 14.8. The van der Waals surface area contributed by atoms with Crippen LogP contribution < -0.4 is 5.32 Å². The Bertz CT molecular complexity index is 1010. The van der Waals surface area contributed by atoms with Gasteiger partial charge in [-0.3, -0.25) is 0 Å². The van der Waals surface area contributed by atoms with E-state index >= 15 is 0 Å². The Morgan fingerprint density at radius 1 is 1.19 bits per heavy atom. The highest BCUT2D eigenvalue weighted by molar-refractivity contribution is 6.11. The summed E-state index contributed by atoms with van der Waals surface area (Å²) in [6.07, 6.45) is 12.1. The Hall–Kier alpha value is -3.10. The molecule has 0 aromatic carbocycles. The molecule has 27 heavy (non-hydrogen) atoms. The number of nitrogens with zero attached hydrogens (tertiary/aromatic N) is 7. The second kappa shape index (κ2) is 6.26. The number of hydrogen-bond acceptors (Lipinski definition) is 8. The van der Waals surface area contributed by atoms with Crippen molar-refractivity contribution < 1.29 is 4.84 Å². The highest BCUT2D eigenvalue weighted by atomic mass is 16.7. The molecule has 138 valence electrons. The predicted molar refractivity (Wildman–Crippen MR) is 99.7 cm³/mol. The van der Waals surface area contributed by atoms with Gasteiger partial charge in [0, 0.05) is 24.7 Å². The third-order valence-electron chi connectivity index (χ3n) is 5.35. The first-order valence-corrected chi connectivity index (χ1v) is 9.29. The molecule has 1 saturated carbocycles. The number of pyridine rings is 1. The summed E-state index contributed by atoms with van der Waals surface area (Å²) in [6, 6.07) is 0. The van der Waals surface area contributed by atoms with Gasteiger partial charge in [0.1, 0.15) is 5.60 Å². The average molecular weight is 364 g/mol. The minimum absolute atomic E-state index is 0.139. The van der Waals surface area contributed by atoms with Crippen molar-refractivity contribution in [2.24, 2.45) is 5.16 Å². The Balaban J connectivity index is 1.60. The molecule has 3 aromatic rings. The van der Waals surface area contributed by atoms with Gasteiger partial charge in [0.05, 0.1) is 35.4 Å². The van der Waals surface area contributed by atoms with Crippen LogP contribution in [0.1, 0.15) is 44.6 Å². The minimum atomic E-state index is -0.139. The molecule has 0 radical (unpaired) electrons. The lowest BCUT2D eigenvalue weighted by Crippen LogP contribution is -2.24. The third-order valence-corrected chi connectivity index (χ3v) is 5.35. The first kappa shape index (κ1) is 16.1. The molecular weight excluding hydrogens is 344 g/mol. The van der Waals surface area contributed by atoms with Gasteiger partial charge in [-0.05, 0) is 32.6 Å². The van der Waals surface area contributed by atoms with E-state index in [1.807, 2.05) is 24.0 Å². The number of aryl methyl sites for hydroxylation is 1. The van der Waals surface area contributed by atoms with Gasteiger partial charge in [-0.15, -0.1) is 5.10 Å². The molecule has 1 fully saturated rings. The summed E-state index contributed by atoms with van der Waals surface area (Å²) in [7, 11) is 0. The molecule has 9 nitrogen and oxygen atoms in total. The van der Waals surface area contributed by atoms with E-state index in [1.54, 1.807) is 12.4 Å². The van der Waals surface area contributed by atoms with Crippen molar-refractivity contribution in [2.45, 2.75) is 51.2 Å². The summed E-state index contributed by atoms with van der Waals surface area (Å²) in [6.45, 7) is 2.78. The highest BCUT2D eigenvalue weighted by Crippen LogP contribution is 2.42. The van der Waals surface area contributed by atoms with Gasteiger partial charge in [-0.1, -0.05) is 5.16 Å². The van der Waals surface area contributed by atoms with Gasteiger partial charge in [-0.25, -0.2) is 14.6 Å². The summed E-state index contributed by atoms with van der Waals surface area (Å²) < 4.78 is 1.86. The summed E-state index contributed by atoms with van der Waals surface area (Å²) >= 11 is 0. The SMILES string of the molecule is CCn1ncc2c(Nc3nccnn3)c(C3=NOC4(CCCC4)C3)cnc21. The zero-order valence-electron chi connectivity index (χ0n) is 15.1. The van der Waals surface area contributed by atoms with E-state index in [9.17, 15) is 0 Å². The fraction of sp³-hybridized carbons (Fsp3) is 0.444. The largest absolute Gasteiger partial charge is 0.389 e. The number of fused-ring (bicyclic) bond motifs is 1. The molecule has 9 heteroatoms. The van der Waals surface area contributed by atoms with E-state index in [4.69, 9.17) is 4.84 Å². The third kappa shape index (κ3) is 2.70. The number of oxime groups is 1. The molecule has 0 unspecified atom stereocenters. The summed E-state index contributed by atoms with van der Waals surface area (Å²) in [5.74, 6) is 0.422. The Morgan fingerprint density at radius 3 is 2.85 bits per heavy atom. The first-order chi connectivity index (χ1) is 13.3. The number of rotatable bonds is 4. The summed E-state index contributed by atoms with van der Waals surface area (Å²) in [5, 5.41) is 21.0. The standard InChI is InChI=1S/C18H20N8O/c1-2-26-16-13(11-22-26)15(23-17-19-7-8-21-24-17)12(10-20-16)14-9-18(27-25-14)5-3-4-6-18/h7-8,10-11H,2-6,9H2,1H3,(H,19,20,23,24). The van der Waals surface area contributed by atoms with Gasteiger partial charge in [0.15, 0.2) is 5.65 Å². The van der Waals surface area contributed by atoms with Crippen LogP contribution in [0.2, 0.25) is 0 Å². The highest BCUT2D eigenvalue weighted by Gasteiger charge is 2.42. The topological polar surface area (TPSA) is 103 Å². The molecule has 0 bridgehead atoms. The smallest absolute Gasteiger partial charge is 0.247 e. The molecule has 5 rings (SSSR count). The number of nitrogens with one attached hydrogen (secondary N) is 1. The van der Waals surface area contributed by atoms with Crippen molar-refractivity contribution >= 4 is 28.4 Å². The van der Waals surface area contributed by atoms with Gasteiger partial charge in [-0.2, -0.15) is 10.2 Å². The van der Waals surface area contributed by atoms with Crippen molar-refractivity contribution in [3.8, 4) is 0 Å². The van der Waals surface area contributed by atoms with Crippen LogP contribution in [0.4, 0.5) is 11.6 Å². The molecule has 1 N–H and O–H groups in total. The van der Waals surface area contributed by atoms with Crippen LogP contribution >= 0.6 is 0 Å². The van der Waals surface area contributed by atoms with Crippen molar-refractivity contribution in [2.75, 3.05) is 5.32 Å². The average Bonchev–Trinajstić information content (AvgIpc) is 3.44. The Kier molecular flexibility index (Phi) is 3.73. The molecule has 1 spiro atoms. The minimum Gasteiger partial charge on any atom is -0.389 e. The van der Waals surface area contributed by atoms with E-state index in [1.165, 1.54) is 12.8 Å². The van der Waals surface area contributed by atoms with E-state index in [0.717, 1.165) is 53.8 Å². The predicted octanol–water partition coefficient (Wildman–Crippen LogP) is 2.82. The van der Waals surface area contributed by atoms with Gasteiger partial charge in [0.2, 0.25) is 5.95 Å². The Labute approximate surface area is 155 Å². The van der Waals surface area contributed by atoms with E-state index in [-0.39, 0.29) is 5.60 Å². The molecule has 2 aliphatic rings. The lowest BCUT2D eigenvalue weighted by atomic mass is 9.92. The fourth-order valence-electron chi connectivity index (χ4n) is 3.98. The normalized spacial score (nSPS) is 18.0. The second-order valence-corrected chi connectivity index (χ2v) is 7.03. The molecular formula is C18H20N8O. The van der Waals surface area contributed by atoms with E-state index in [0.29, 0.717) is 5.95 Å². The second-order valence-electron chi connectivity index (χ2n) is 7.03. The maximum atomic E-state index is 5.88. The van der Waals surface area contributed by atoms with Crippen LogP contribution in [-0.2, 0) is 11.4 Å². The van der Waals surface area contributed by atoms with Gasteiger partial charge in [0.25, 0.3) is 0 Å². The maximum absolute atomic E-state index is 5.88. The molecule has 0 saturated heterocycles. The van der Waals surface area contributed by atoms with E-state index in [2.05, 4.69) is 35.7 Å². The molecule has 0 amide bonds. The van der Waals surface area contributed by atoms with Crippen LogP contribution in [-0.4, -0.2) is 41.3 Å². The van der Waals surface area contributed by atoms with Crippen LogP contribution in [0.25, 0.3) is 11.0 Å². The van der Waals surface area contributed by atoms with Gasteiger partial charge >= 0.3 is 0 Å². The molecule has 1 aliphatic heterocycles. The zero-order chi connectivity index (χ0) is 18.3. The number of hydrogen-bond donors (Lipinski definition) is 1. The molecule has 4 heterocycles. The van der Waals surface area contributed by atoms with Gasteiger partial charge < -0.3 is 10.2 Å². The molecule has 3 aromatic heterocycles. The lowest BCUT2D eigenvalue weighted by molar-refractivity contribution is -0.0126. The molecule has 0 atom stereocenters. The monoisotopic (exact) mass is 364 g/mol. The van der Waals surface area contributed by atoms with Crippen LogP contribution in [0.5, 0.6) is 0 Å².